The molecular formula is C6H10N2O4S. The molecule has 6 nitrogen and oxygen atoms in total. The summed E-state index contributed by atoms with van der Waals surface area (Å²) in [5.74, 6) is 0.0945. The fourth-order valence-corrected chi connectivity index (χ4v) is 1.14. The van der Waals surface area contributed by atoms with Crippen molar-refractivity contribution in [2.45, 2.75) is 18.8 Å². The lowest BCUT2D eigenvalue weighted by molar-refractivity contribution is 0.262. The van der Waals surface area contributed by atoms with Crippen LogP contribution in [0, 0.1) is 0 Å². The average Bonchev–Trinajstić information content (AvgIpc) is 2.48. The zero-order chi connectivity index (χ0) is 10.1. The topological polar surface area (TPSA) is 93.3 Å². The Kier molecular flexibility index (Phi) is 2.67. The smallest absolute Gasteiger partial charge is 0.244 e. The van der Waals surface area contributed by atoms with E-state index in [1.807, 2.05) is 0 Å². The van der Waals surface area contributed by atoms with Gasteiger partial charge in [-0.2, -0.15) is 4.98 Å². The number of aromatic nitrogens is 2. The van der Waals surface area contributed by atoms with Crippen molar-refractivity contribution in [3.8, 4) is 0 Å². The van der Waals surface area contributed by atoms with Gasteiger partial charge in [0.15, 0.2) is 15.7 Å². The second-order valence-electron chi connectivity index (χ2n) is 2.68. The van der Waals surface area contributed by atoms with Gasteiger partial charge in [-0.1, -0.05) is 5.16 Å². The van der Waals surface area contributed by atoms with Crippen molar-refractivity contribution in [1.29, 1.82) is 0 Å². The van der Waals surface area contributed by atoms with Gasteiger partial charge in [0.05, 0.1) is 0 Å². The van der Waals surface area contributed by atoms with E-state index < -0.39 is 15.1 Å². The molecule has 0 bridgehead atoms. The predicted octanol–water partition coefficient (Wildman–Crippen LogP) is -0.333. The highest BCUT2D eigenvalue weighted by Gasteiger charge is 2.23. The standard InChI is InChI=1S/C6H10N2O4S/c1-4(13(2,10)11)6-7-5(3-9)8-12-6/h4,9H,3H2,1-2H3. The zero-order valence-electron chi connectivity index (χ0n) is 7.26. The van der Waals surface area contributed by atoms with E-state index in [0.29, 0.717) is 0 Å². The van der Waals surface area contributed by atoms with Gasteiger partial charge in [0, 0.05) is 6.26 Å². The Balaban J connectivity index is 2.96. The van der Waals surface area contributed by atoms with Crippen molar-refractivity contribution in [2.75, 3.05) is 6.26 Å². The summed E-state index contributed by atoms with van der Waals surface area (Å²) in [5, 5.41) is 11.1. The Hall–Kier alpha value is -0.950. The van der Waals surface area contributed by atoms with Gasteiger partial charge in [-0.15, -0.1) is 0 Å². The normalized spacial score (nSPS) is 14.4. The molecule has 1 aromatic heterocycles. The Morgan fingerprint density at radius 3 is 2.62 bits per heavy atom. The number of hydrogen-bond acceptors (Lipinski definition) is 6. The molecule has 0 amide bonds. The summed E-state index contributed by atoms with van der Waals surface area (Å²) in [6.07, 6.45) is 1.08. The van der Waals surface area contributed by atoms with Crippen LogP contribution in [-0.4, -0.2) is 29.9 Å². The van der Waals surface area contributed by atoms with Crippen molar-refractivity contribution in [3.05, 3.63) is 11.7 Å². The van der Waals surface area contributed by atoms with Crippen molar-refractivity contribution in [3.63, 3.8) is 0 Å². The highest BCUT2D eigenvalue weighted by molar-refractivity contribution is 7.90. The van der Waals surface area contributed by atoms with Crippen LogP contribution in [0.1, 0.15) is 23.9 Å². The second kappa shape index (κ2) is 3.43. The maximum atomic E-state index is 11.0. The predicted molar refractivity (Wildman–Crippen MR) is 43.5 cm³/mol. The summed E-state index contributed by atoms with van der Waals surface area (Å²) in [4.78, 5) is 3.69. The van der Waals surface area contributed by atoms with Crippen LogP contribution in [0.2, 0.25) is 0 Å². The van der Waals surface area contributed by atoms with Gasteiger partial charge in [0.25, 0.3) is 0 Å². The lowest BCUT2D eigenvalue weighted by Crippen LogP contribution is -2.08. The van der Waals surface area contributed by atoms with Crippen LogP contribution in [0.5, 0.6) is 0 Å². The molecule has 1 unspecified atom stereocenters. The van der Waals surface area contributed by atoms with E-state index in [2.05, 4.69) is 14.7 Å². The van der Waals surface area contributed by atoms with E-state index in [1.165, 1.54) is 6.92 Å². The summed E-state index contributed by atoms with van der Waals surface area (Å²) >= 11 is 0. The van der Waals surface area contributed by atoms with Crippen LogP contribution in [0.4, 0.5) is 0 Å². The van der Waals surface area contributed by atoms with Crippen LogP contribution in [0.3, 0.4) is 0 Å². The van der Waals surface area contributed by atoms with E-state index in [0.717, 1.165) is 6.26 Å². The minimum absolute atomic E-state index is 0.00606. The van der Waals surface area contributed by atoms with Crippen molar-refractivity contribution >= 4 is 9.84 Å². The Morgan fingerprint density at radius 1 is 1.62 bits per heavy atom. The molecule has 0 aromatic carbocycles. The van der Waals surface area contributed by atoms with Gasteiger partial charge in [0.2, 0.25) is 5.89 Å². The molecule has 1 rings (SSSR count). The Bertz CT molecular complexity index is 383. The first-order chi connectivity index (χ1) is 5.95. The van der Waals surface area contributed by atoms with Crippen molar-refractivity contribution < 1.29 is 18.0 Å². The first kappa shape index (κ1) is 10.1. The second-order valence-corrected chi connectivity index (χ2v) is 5.04. The van der Waals surface area contributed by atoms with Gasteiger partial charge in [-0.05, 0) is 6.92 Å². The minimum Gasteiger partial charge on any atom is -0.388 e. The first-order valence-electron chi connectivity index (χ1n) is 3.57. The fourth-order valence-electron chi connectivity index (χ4n) is 0.680. The zero-order valence-corrected chi connectivity index (χ0v) is 8.08. The first-order valence-corrected chi connectivity index (χ1v) is 5.53. The summed E-state index contributed by atoms with van der Waals surface area (Å²) < 4.78 is 26.7. The van der Waals surface area contributed by atoms with E-state index in [-0.39, 0.29) is 18.3 Å². The van der Waals surface area contributed by atoms with Crippen LogP contribution < -0.4 is 0 Å². The molecule has 0 fully saturated rings. The number of sulfone groups is 1. The maximum absolute atomic E-state index is 11.0. The molecule has 74 valence electrons. The monoisotopic (exact) mass is 206 g/mol. The van der Waals surface area contributed by atoms with E-state index in [1.54, 1.807) is 0 Å². The quantitative estimate of drug-likeness (QED) is 0.727. The molecule has 1 atom stereocenters. The molecule has 13 heavy (non-hydrogen) atoms. The summed E-state index contributed by atoms with van der Waals surface area (Å²) in [7, 11) is -3.23. The molecule has 0 aliphatic heterocycles. The lowest BCUT2D eigenvalue weighted by atomic mass is 10.5. The maximum Gasteiger partial charge on any atom is 0.244 e. The fraction of sp³-hybridized carbons (Fsp3) is 0.667. The molecule has 0 aliphatic carbocycles. The Labute approximate surface area is 75.5 Å². The lowest BCUT2D eigenvalue weighted by Gasteiger charge is -2.01. The van der Waals surface area contributed by atoms with Crippen LogP contribution in [0.25, 0.3) is 0 Å². The molecule has 7 heteroatoms. The average molecular weight is 206 g/mol. The van der Waals surface area contributed by atoms with Gasteiger partial charge in [0.1, 0.15) is 11.9 Å². The van der Waals surface area contributed by atoms with E-state index >= 15 is 0 Å². The molecule has 0 aliphatic rings. The minimum atomic E-state index is -3.23. The molecule has 1 aromatic rings. The van der Waals surface area contributed by atoms with Gasteiger partial charge < -0.3 is 9.63 Å². The third-order valence-corrected chi connectivity index (χ3v) is 3.10. The number of nitrogens with zero attached hydrogens (tertiary/aromatic N) is 2. The van der Waals surface area contributed by atoms with Gasteiger partial charge in [-0.3, -0.25) is 0 Å². The third-order valence-electron chi connectivity index (χ3n) is 1.62. The molecule has 1 heterocycles. The van der Waals surface area contributed by atoms with Crippen LogP contribution >= 0.6 is 0 Å². The highest BCUT2D eigenvalue weighted by Crippen LogP contribution is 2.18. The van der Waals surface area contributed by atoms with Crippen LogP contribution in [-0.2, 0) is 16.4 Å². The van der Waals surface area contributed by atoms with Crippen molar-refractivity contribution in [1.82, 2.24) is 10.1 Å². The molecule has 1 N–H and O–H groups in total. The molecular weight excluding hydrogens is 196 g/mol. The van der Waals surface area contributed by atoms with Gasteiger partial charge in [-0.25, -0.2) is 8.42 Å². The largest absolute Gasteiger partial charge is 0.388 e. The Morgan fingerprint density at radius 2 is 2.23 bits per heavy atom. The number of aliphatic hydroxyl groups is 1. The highest BCUT2D eigenvalue weighted by atomic mass is 32.2. The summed E-state index contributed by atoms with van der Waals surface area (Å²) in [6, 6.07) is 0. The van der Waals surface area contributed by atoms with Crippen molar-refractivity contribution in [2.24, 2.45) is 0 Å². The third kappa shape index (κ3) is 2.25. The SMILES string of the molecule is CC(c1nc(CO)no1)S(C)(=O)=O. The van der Waals surface area contributed by atoms with E-state index in [9.17, 15) is 8.42 Å². The molecule has 0 spiro atoms. The van der Waals surface area contributed by atoms with E-state index in [4.69, 9.17) is 5.11 Å². The number of hydrogen-bond donors (Lipinski definition) is 1. The summed E-state index contributed by atoms with van der Waals surface area (Å²) in [5.41, 5.74) is 0. The van der Waals surface area contributed by atoms with Crippen LogP contribution in [0.15, 0.2) is 4.52 Å². The molecule has 0 saturated carbocycles. The number of aliphatic hydroxyl groups excluding tert-OH is 1. The summed E-state index contributed by atoms with van der Waals surface area (Å²) in [6.45, 7) is 1.09. The number of rotatable bonds is 3. The molecule has 0 radical (unpaired) electrons. The molecule has 0 saturated heterocycles. The van der Waals surface area contributed by atoms with Gasteiger partial charge >= 0.3 is 0 Å².